The molecule has 5 rings (SSSR count). The summed E-state index contributed by atoms with van der Waals surface area (Å²) in [5.74, 6) is 0.994. The van der Waals surface area contributed by atoms with E-state index in [1.165, 1.54) is 5.06 Å². The number of aromatic nitrogens is 2. The number of rotatable bonds is 10. The molecule has 228 valence electrons. The molecular formula is C31H39N7O5. The lowest BCUT2D eigenvalue weighted by Gasteiger charge is -2.35. The first-order valence-electron chi connectivity index (χ1n) is 15.1. The molecule has 2 aliphatic heterocycles. The third kappa shape index (κ3) is 7.05. The number of nitrogens with zero attached hydrogens (tertiary/aromatic N) is 6. The quantitative estimate of drug-likeness (QED) is 0.325. The summed E-state index contributed by atoms with van der Waals surface area (Å²) in [4.78, 5) is 57.5. The maximum Gasteiger partial charge on any atom is 0.527 e. The Morgan fingerprint density at radius 3 is 2.40 bits per heavy atom. The van der Waals surface area contributed by atoms with E-state index in [1.807, 2.05) is 51.1 Å². The number of benzene rings is 1. The molecule has 1 aromatic heterocycles. The van der Waals surface area contributed by atoms with Crippen molar-refractivity contribution in [3.63, 3.8) is 0 Å². The average molecular weight is 590 g/mol. The molecule has 1 unspecified atom stereocenters. The van der Waals surface area contributed by atoms with E-state index < -0.39 is 18.1 Å². The minimum Gasteiger partial charge on any atom is -0.433 e. The van der Waals surface area contributed by atoms with Gasteiger partial charge in [-0.05, 0) is 24.2 Å². The summed E-state index contributed by atoms with van der Waals surface area (Å²) in [5, 5.41) is 13.8. The second-order valence-electron chi connectivity index (χ2n) is 11.7. The van der Waals surface area contributed by atoms with Gasteiger partial charge in [-0.1, -0.05) is 57.5 Å². The molecule has 12 heteroatoms. The topological polar surface area (TPSA) is 141 Å². The van der Waals surface area contributed by atoms with Crippen LogP contribution >= 0.6 is 0 Å². The normalized spacial score (nSPS) is 22.0. The molecule has 4 atom stereocenters. The molecule has 3 heterocycles. The summed E-state index contributed by atoms with van der Waals surface area (Å²) < 4.78 is 5.05. The van der Waals surface area contributed by atoms with Crippen LogP contribution in [0.1, 0.15) is 44.1 Å². The zero-order chi connectivity index (χ0) is 30.5. The number of carbonyl (C=O) groups excluding carboxylic acids is 3. The predicted molar refractivity (Wildman–Crippen MR) is 157 cm³/mol. The van der Waals surface area contributed by atoms with Gasteiger partial charge in [0, 0.05) is 37.8 Å². The van der Waals surface area contributed by atoms with Crippen LogP contribution in [0.15, 0.2) is 36.4 Å². The zero-order valence-electron chi connectivity index (χ0n) is 24.9. The molecule has 2 aromatic rings. The monoisotopic (exact) mass is 589 g/mol. The van der Waals surface area contributed by atoms with Crippen molar-refractivity contribution in [1.82, 2.24) is 25.2 Å². The average Bonchev–Trinajstić information content (AvgIpc) is 3.49. The molecule has 0 spiro atoms. The first kappa shape index (κ1) is 30.2. The van der Waals surface area contributed by atoms with Crippen molar-refractivity contribution in [3.05, 3.63) is 42.1 Å². The van der Waals surface area contributed by atoms with Gasteiger partial charge in [-0.25, -0.2) is 14.8 Å². The number of hydroxylamine groups is 2. The van der Waals surface area contributed by atoms with E-state index in [1.54, 1.807) is 11.0 Å². The van der Waals surface area contributed by atoms with Crippen molar-refractivity contribution < 1.29 is 24.0 Å². The number of nitrogens with one attached hydrogen (secondary N) is 1. The summed E-state index contributed by atoms with van der Waals surface area (Å²) >= 11 is 0. The Morgan fingerprint density at radius 2 is 1.77 bits per heavy atom. The van der Waals surface area contributed by atoms with E-state index in [9.17, 15) is 19.6 Å². The number of nitriles is 1. The van der Waals surface area contributed by atoms with Gasteiger partial charge in [-0.2, -0.15) is 5.26 Å². The first-order valence-corrected chi connectivity index (χ1v) is 15.1. The van der Waals surface area contributed by atoms with Gasteiger partial charge < -0.3 is 24.7 Å². The Hall–Kier alpha value is -4.24. The van der Waals surface area contributed by atoms with Gasteiger partial charge in [-0.3, -0.25) is 9.59 Å². The molecule has 1 aromatic carbocycles. The van der Waals surface area contributed by atoms with Crippen LogP contribution in [0.5, 0.6) is 0 Å². The zero-order valence-corrected chi connectivity index (χ0v) is 24.9. The lowest BCUT2D eigenvalue weighted by atomic mass is 10.0. The minimum atomic E-state index is -0.770. The van der Waals surface area contributed by atoms with E-state index in [0.717, 1.165) is 18.4 Å². The molecule has 2 amide bonds. The van der Waals surface area contributed by atoms with Crippen LogP contribution in [0.2, 0.25) is 0 Å². The van der Waals surface area contributed by atoms with Crippen LogP contribution in [0.25, 0.3) is 11.4 Å². The van der Waals surface area contributed by atoms with Crippen LogP contribution in [0.4, 0.5) is 10.6 Å². The van der Waals surface area contributed by atoms with Crippen molar-refractivity contribution in [2.24, 2.45) is 23.7 Å². The van der Waals surface area contributed by atoms with E-state index in [0.29, 0.717) is 69.4 Å². The van der Waals surface area contributed by atoms with Gasteiger partial charge >= 0.3 is 6.16 Å². The third-order valence-corrected chi connectivity index (χ3v) is 8.34. The molecule has 2 saturated heterocycles. The predicted octanol–water partition coefficient (Wildman–Crippen LogP) is 3.12. The third-order valence-electron chi connectivity index (χ3n) is 8.34. The molecule has 3 aliphatic rings. The fraction of sp³-hybridized carbons (Fsp3) is 0.548. The summed E-state index contributed by atoms with van der Waals surface area (Å²) in [5.41, 5.74) is 0.961. The standard InChI is InChI=1S/C31H39N7O5/c1-4-5-15-42-31(41)43-38-13-11-36(12-14-38)30(40)27(20(2)3)35-29(39)25-16-26(37-18-23-22(17-32)24(23)19-37)34-28(33-25)21-9-7-6-8-10-21/h6-10,16,20,22-24,27H,4-5,11-15,18-19H2,1-3H3,(H,35,39)/t22?,23-,24+,27-/m0/s1. The maximum absolute atomic E-state index is 13.6. The highest BCUT2D eigenvalue weighted by Crippen LogP contribution is 2.51. The highest BCUT2D eigenvalue weighted by atomic mass is 16.8. The molecular weight excluding hydrogens is 550 g/mol. The fourth-order valence-corrected chi connectivity index (χ4v) is 5.69. The number of amides is 2. The summed E-state index contributed by atoms with van der Waals surface area (Å²) in [7, 11) is 0. The Bertz CT molecular complexity index is 1340. The van der Waals surface area contributed by atoms with E-state index in [4.69, 9.17) is 14.6 Å². The molecule has 12 nitrogen and oxygen atoms in total. The van der Waals surface area contributed by atoms with Gasteiger partial charge in [0.05, 0.1) is 31.7 Å². The van der Waals surface area contributed by atoms with E-state index >= 15 is 0 Å². The second-order valence-corrected chi connectivity index (χ2v) is 11.7. The molecule has 0 bridgehead atoms. The smallest absolute Gasteiger partial charge is 0.433 e. The number of ether oxygens (including phenoxy) is 1. The van der Waals surface area contributed by atoms with Gasteiger partial charge in [0.2, 0.25) is 5.91 Å². The van der Waals surface area contributed by atoms with Crippen molar-refractivity contribution in [3.8, 4) is 17.5 Å². The van der Waals surface area contributed by atoms with Crippen LogP contribution in [0.3, 0.4) is 0 Å². The second kappa shape index (κ2) is 13.4. The molecule has 0 radical (unpaired) electrons. The van der Waals surface area contributed by atoms with Gasteiger partial charge in [0.25, 0.3) is 5.91 Å². The van der Waals surface area contributed by atoms with Gasteiger partial charge in [-0.15, -0.1) is 5.06 Å². The van der Waals surface area contributed by atoms with Crippen molar-refractivity contribution in [1.29, 1.82) is 5.26 Å². The molecule has 1 N–H and O–H groups in total. The number of hydrogen-bond acceptors (Lipinski definition) is 10. The number of piperazine rings is 1. The minimum absolute atomic E-state index is 0.0975. The van der Waals surface area contributed by atoms with Crippen molar-refractivity contribution in [2.75, 3.05) is 50.8 Å². The lowest BCUT2D eigenvalue weighted by molar-refractivity contribution is -0.158. The lowest BCUT2D eigenvalue weighted by Crippen LogP contribution is -2.56. The van der Waals surface area contributed by atoms with Crippen molar-refractivity contribution >= 4 is 23.8 Å². The molecule has 43 heavy (non-hydrogen) atoms. The number of fused-ring (bicyclic) bond motifs is 1. The largest absolute Gasteiger partial charge is 0.527 e. The number of piperidine rings is 1. The SMILES string of the molecule is CCCCOC(=O)ON1CCN(C(=O)[C@@H](NC(=O)c2cc(N3C[C@@H]4C(C#N)[C@@H]4C3)nc(-c3ccccc3)n2)C(C)C)CC1. The maximum atomic E-state index is 13.6. The van der Waals surface area contributed by atoms with Gasteiger partial charge in [0.1, 0.15) is 17.6 Å². The molecule has 3 fully saturated rings. The van der Waals surface area contributed by atoms with E-state index in [-0.39, 0.29) is 23.4 Å². The van der Waals surface area contributed by atoms with Crippen molar-refractivity contribution in [2.45, 2.75) is 39.7 Å². The van der Waals surface area contributed by atoms with Crippen LogP contribution in [-0.4, -0.2) is 89.8 Å². The van der Waals surface area contributed by atoms with Crippen LogP contribution in [0, 0.1) is 35.0 Å². The number of carbonyl (C=O) groups is 3. The van der Waals surface area contributed by atoms with Gasteiger partial charge in [0.15, 0.2) is 5.82 Å². The summed E-state index contributed by atoms with van der Waals surface area (Å²) in [6.07, 6.45) is 0.943. The Balaban J connectivity index is 1.25. The highest BCUT2D eigenvalue weighted by molar-refractivity contribution is 5.97. The number of hydrogen-bond donors (Lipinski definition) is 1. The molecule has 1 saturated carbocycles. The number of unbranched alkanes of at least 4 members (excludes halogenated alkanes) is 1. The van der Waals surface area contributed by atoms with E-state index in [2.05, 4.69) is 21.3 Å². The Kier molecular flexibility index (Phi) is 9.40. The number of anilines is 1. The van der Waals surface area contributed by atoms with Crippen LogP contribution in [-0.2, 0) is 14.4 Å². The Morgan fingerprint density at radius 1 is 1.07 bits per heavy atom. The van der Waals surface area contributed by atoms with Crippen LogP contribution < -0.4 is 10.2 Å². The molecule has 1 aliphatic carbocycles. The first-order chi connectivity index (χ1) is 20.8. The fourth-order valence-electron chi connectivity index (χ4n) is 5.69. The summed E-state index contributed by atoms with van der Waals surface area (Å²) in [6.45, 7) is 8.89. The summed E-state index contributed by atoms with van der Waals surface area (Å²) in [6, 6.07) is 12.7. The Labute approximate surface area is 251 Å². The highest BCUT2D eigenvalue weighted by Gasteiger charge is 2.56.